The van der Waals surface area contributed by atoms with Crippen LogP contribution in [0.2, 0.25) is 0 Å². The van der Waals surface area contributed by atoms with Crippen molar-refractivity contribution < 1.29 is 0 Å². The van der Waals surface area contributed by atoms with E-state index in [0.717, 1.165) is 16.7 Å². The van der Waals surface area contributed by atoms with Crippen molar-refractivity contribution in [2.24, 2.45) is 0 Å². The number of aryl methyl sites for hydroxylation is 1. The molecule has 0 bridgehead atoms. The Balaban J connectivity index is 0.00000128. The largest absolute Gasteiger partial charge is 0.255 e. The molecular weight excluding hydrogens is 412 g/mol. The Bertz CT molecular complexity index is 475. The molecule has 0 aliphatic heterocycles. The van der Waals surface area contributed by atoms with Crippen LogP contribution >= 0.6 is 49.9 Å². The lowest BCUT2D eigenvalue weighted by Gasteiger charge is -2.02. The molecule has 2 heterocycles. The number of rotatable bonds is 2. The Morgan fingerprint density at radius 2 is 1.59 bits per heavy atom. The quantitative estimate of drug-likeness (QED) is 0.663. The fourth-order valence-corrected chi connectivity index (χ4v) is 1.72. The summed E-state index contributed by atoms with van der Waals surface area (Å²) < 4.78 is 0. The Kier molecular flexibility index (Phi) is 7.83. The van der Waals surface area contributed by atoms with Gasteiger partial charge in [-0.1, -0.05) is 15.9 Å². The Morgan fingerprint density at radius 3 is 2.18 bits per heavy atom. The molecule has 0 saturated heterocycles. The third-order valence-electron chi connectivity index (χ3n) is 2.16. The second-order valence-corrected chi connectivity index (χ2v) is 3.96. The molecule has 92 valence electrons. The Labute approximate surface area is 131 Å². The highest BCUT2D eigenvalue weighted by atomic mass is 79.9. The molecule has 0 aliphatic carbocycles. The molecule has 2 rings (SSSR count). The van der Waals surface area contributed by atoms with Crippen LogP contribution in [0.5, 0.6) is 0 Å². The lowest BCUT2D eigenvalue weighted by atomic mass is 10.1. The van der Waals surface area contributed by atoms with E-state index in [1.54, 1.807) is 0 Å². The van der Waals surface area contributed by atoms with E-state index in [0.29, 0.717) is 0 Å². The summed E-state index contributed by atoms with van der Waals surface area (Å²) >= 11 is 3.43. The molecule has 2 aromatic rings. The summed E-state index contributed by atoms with van der Waals surface area (Å²) in [7, 11) is 0. The van der Waals surface area contributed by atoms with Gasteiger partial charge in [0, 0.05) is 17.7 Å². The summed E-state index contributed by atoms with van der Waals surface area (Å²) in [4.78, 5) is 8.62. The zero-order valence-electron chi connectivity index (χ0n) is 9.26. The number of pyridine rings is 2. The summed E-state index contributed by atoms with van der Waals surface area (Å²) in [6.45, 7) is 2.06. The number of nitrogens with zero attached hydrogens (tertiary/aromatic N) is 2. The van der Waals surface area contributed by atoms with Gasteiger partial charge >= 0.3 is 0 Å². The first kappa shape index (κ1) is 16.7. The maximum absolute atomic E-state index is 4.32. The molecule has 17 heavy (non-hydrogen) atoms. The number of halogens is 3. The highest BCUT2D eigenvalue weighted by Crippen LogP contribution is 2.17. The third-order valence-corrected chi connectivity index (χ3v) is 2.80. The van der Waals surface area contributed by atoms with Gasteiger partial charge in [0.15, 0.2) is 0 Å². The SMILES string of the molecule is Br.Br.Cc1ccnc(-c2cc(CBr)ccn2)c1. The van der Waals surface area contributed by atoms with E-state index < -0.39 is 0 Å². The van der Waals surface area contributed by atoms with Crippen LogP contribution in [0.15, 0.2) is 36.7 Å². The molecule has 0 amide bonds. The summed E-state index contributed by atoms with van der Waals surface area (Å²) in [5.74, 6) is 0. The van der Waals surface area contributed by atoms with Gasteiger partial charge in [0.05, 0.1) is 11.4 Å². The van der Waals surface area contributed by atoms with Gasteiger partial charge in [-0.2, -0.15) is 0 Å². The monoisotopic (exact) mass is 422 g/mol. The van der Waals surface area contributed by atoms with Crippen molar-refractivity contribution in [3.8, 4) is 11.4 Å². The van der Waals surface area contributed by atoms with E-state index >= 15 is 0 Å². The van der Waals surface area contributed by atoms with Gasteiger partial charge < -0.3 is 0 Å². The van der Waals surface area contributed by atoms with Gasteiger partial charge in [0.1, 0.15) is 0 Å². The number of aromatic nitrogens is 2. The van der Waals surface area contributed by atoms with Gasteiger partial charge in [0.2, 0.25) is 0 Å². The van der Waals surface area contributed by atoms with Crippen molar-refractivity contribution in [2.75, 3.05) is 0 Å². The van der Waals surface area contributed by atoms with Crippen molar-refractivity contribution in [2.45, 2.75) is 12.3 Å². The van der Waals surface area contributed by atoms with Crippen LogP contribution in [0.4, 0.5) is 0 Å². The second-order valence-electron chi connectivity index (χ2n) is 3.40. The van der Waals surface area contributed by atoms with Crippen LogP contribution in [-0.2, 0) is 5.33 Å². The van der Waals surface area contributed by atoms with Crippen LogP contribution in [0.1, 0.15) is 11.1 Å². The second kappa shape index (κ2) is 7.95. The normalized spacial score (nSPS) is 9.06. The van der Waals surface area contributed by atoms with Gasteiger partial charge in [-0.15, -0.1) is 34.0 Å². The molecule has 5 heteroatoms. The average molecular weight is 425 g/mol. The zero-order chi connectivity index (χ0) is 10.7. The first-order valence-electron chi connectivity index (χ1n) is 4.73. The molecule has 0 fully saturated rings. The van der Waals surface area contributed by atoms with Crippen molar-refractivity contribution >= 4 is 49.9 Å². The van der Waals surface area contributed by atoms with Gasteiger partial charge in [-0.25, -0.2) is 0 Å². The predicted octanol–water partition coefficient (Wildman–Crippen LogP) is 4.50. The van der Waals surface area contributed by atoms with Crippen molar-refractivity contribution in [1.82, 2.24) is 9.97 Å². The molecule has 0 saturated carbocycles. The maximum Gasteiger partial charge on any atom is 0.0889 e. The van der Waals surface area contributed by atoms with E-state index in [2.05, 4.69) is 38.9 Å². The minimum atomic E-state index is 0. The fourth-order valence-electron chi connectivity index (χ4n) is 1.37. The number of hydrogen-bond acceptors (Lipinski definition) is 2. The third kappa shape index (κ3) is 4.48. The fraction of sp³-hybridized carbons (Fsp3) is 0.167. The smallest absolute Gasteiger partial charge is 0.0889 e. The summed E-state index contributed by atoms with van der Waals surface area (Å²) in [5, 5.41) is 0.842. The summed E-state index contributed by atoms with van der Waals surface area (Å²) in [5.41, 5.74) is 4.27. The number of alkyl halides is 1. The predicted molar refractivity (Wildman–Crippen MR) is 85.5 cm³/mol. The zero-order valence-corrected chi connectivity index (χ0v) is 14.3. The van der Waals surface area contributed by atoms with Crippen LogP contribution in [0, 0.1) is 6.92 Å². The van der Waals surface area contributed by atoms with Gasteiger partial charge in [0.25, 0.3) is 0 Å². The maximum atomic E-state index is 4.32. The van der Waals surface area contributed by atoms with Gasteiger partial charge in [-0.05, 0) is 42.3 Å². The van der Waals surface area contributed by atoms with E-state index in [1.165, 1.54) is 11.1 Å². The Morgan fingerprint density at radius 1 is 1.00 bits per heavy atom. The molecule has 2 nitrogen and oxygen atoms in total. The molecule has 0 unspecified atom stereocenters. The Hall–Kier alpha value is -0.260. The number of hydrogen-bond donors (Lipinski definition) is 0. The molecule has 2 aromatic heterocycles. The van der Waals surface area contributed by atoms with E-state index in [4.69, 9.17) is 0 Å². The standard InChI is InChI=1S/C12H11BrN2.2BrH/c1-9-2-4-14-11(6-9)12-7-10(8-13)3-5-15-12;;/h2-7H,8H2,1H3;2*1H. The molecule has 0 aromatic carbocycles. The minimum absolute atomic E-state index is 0. The summed E-state index contributed by atoms with van der Waals surface area (Å²) in [6, 6.07) is 8.07. The van der Waals surface area contributed by atoms with Crippen LogP contribution in [0.3, 0.4) is 0 Å². The lowest BCUT2D eigenvalue weighted by Crippen LogP contribution is -1.89. The van der Waals surface area contributed by atoms with Gasteiger partial charge in [-0.3, -0.25) is 9.97 Å². The topological polar surface area (TPSA) is 25.8 Å². The molecular formula is C12H13Br3N2. The van der Waals surface area contributed by atoms with E-state index in [9.17, 15) is 0 Å². The lowest BCUT2D eigenvalue weighted by molar-refractivity contribution is 1.21. The van der Waals surface area contributed by atoms with E-state index in [1.807, 2.05) is 30.6 Å². The minimum Gasteiger partial charge on any atom is -0.255 e. The van der Waals surface area contributed by atoms with Crippen LogP contribution in [0.25, 0.3) is 11.4 Å². The van der Waals surface area contributed by atoms with Crippen LogP contribution < -0.4 is 0 Å². The molecule has 0 N–H and O–H groups in total. The first-order chi connectivity index (χ1) is 7.29. The van der Waals surface area contributed by atoms with Crippen molar-refractivity contribution in [3.63, 3.8) is 0 Å². The van der Waals surface area contributed by atoms with Crippen LogP contribution in [-0.4, -0.2) is 9.97 Å². The van der Waals surface area contributed by atoms with E-state index in [-0.39, 0.29) is 34.0 Å². The molecule has 0 aliphatic rings. The summed E-state index contributed by atoms with van der Waals surface area (Å²) in [6.07, 6.45) is 3.63. The molecule has 0 radical (unpaired) electrons. The van der Waals surface area contributed by atoms with Crippen molar-refractivity contribution in [3.05, 3.63) is 47.8 Å². The highest BCUT2D eigenvalue weighted by molar-refractivity contribution is 9.08. The molecule has 0 spiro atoms. The average Bonchev–Trinajstić information content (AvgIpc) is 2.29. The highest BCUT2D eigenvalue weighted by Gasteiger charge is 2.01. The van der Waals surface area contributed by atoms with Crippen molar-refractivity contribution in [1.29, 1.82) is 0 Å². The molecule has 0 atom stereocenters. The first-order valence-corrected chi connectivity index (χ1v) is 5.85.